The van der Waals surface area contributed by atoms with Gasteiger partial charge in [-0.05, 0) is 61.2 Å². The SMILES string of the molecule is CCN(CC)CCNC(=O)c1ccc(NC(=O)Nc2ccc(SC(F)(F)F)cc2)cc1OC. The van der Waals surface area contributed by atoms with Gasteiger partial charge in [0.15, 0.2) is 0 Å². The third kappa shape index (κ3) is 8.85. The number of thioether (sulfide) groups is 1. The fourth-order valence-electron chi connectivity index (χ4n) is 2.95. The predicted octanol–water partition coefficient (Wildman–Crippen LogP) is 5.02. The Bertz CT molecular complexity index is 935. The molecule has 0 fully saturated rings. The molecule has 0 aliphatic rings. The van der Waals surface area contributed by atoms with Gasteiger partial charge in [-0.1, -0.05) is 13.8 Å². The van der Waals surface area contributed by atoms with Crippen molar-refractivity contribution in [1.82, 2.24) is 10.2 Å². The van der Waals surface area contributed by atoms with Gasteiger partial charge in [-0.25, -0.2) is 4.79 Å². The van der Waals surface area contributed by atoms with Crippen LogP contribution in [0.1, 0.15) is 24.2 Å². The van der Waals surface area contributed by atoms with Crippen LogP contribution in [0, 0.1) is 0 Å². The molecule has 0 bridgehead atoms. The van der Waals surface area contributed by atoms with Gasteiger partial charge in [-0.15, -0.1) is 0 Å². The minimum Gasteiger partial charge on any atom is -0.496 e. The average Bonchev–Trinajstić information content (AvgIpc) is 2.76. The molecule has 33 heavy (non-hydrogen) atoms. The maximum absolute atomic E-state index is 12.5. The van der Waals surface area contributed by atoms with E-state index in [2.05, 4.69) is 34.7 Å². The molecule has 0 atom stereocenters. The van der Waals surface area contributed by atoms with E-state index in [9.17, 15) is 22.8 Å². The summed E-state index contributed by atoms with van der Waals surface area (Å²) in [6, 6.07) is 9.32. The number of methoxy groups -OCH3 is 1. The Morgan fingerprint density at radius 2 is 1.61 bits per heavy atom. The van der Waals surface area contributed by atoms with E-state index in [0.717, 1.165) is 19.6 Å². The summed E-state index contributed by atoms with van der Waals surface area (Å²) in [6.45, 7) is 7.13. The molecule has 0 radical (unpaired) electrons. The normalized spacial score (nSPS) is 11.2. The quantitative estimate of drug-likeness (QED) is 0.413. The molecule has 3 N–H and O–H groups in total. The number of hydrogen-bond acceptors (Lipinski definition) is 5. The van der Waals surface area contributed by atoms with E-state index in [1.807, 2.05) is 0 Å². The van der Waals surface area contributed by atoms with Gasteiger partial charge in [-0.2, -0.15) is 13.2 Å². The highest BCUT2D eigenvalue weighted by atomic mass is 32.2. The second-order valence-corrected chi connectivity index (χ2v) is 7.99. The van der Waals surface area contributed by atoms with Crippen molar-refractivity contribution in [2.24, 2.45) is 0 Å². The number of alkyl halides is 3. The van der Waals surface area contributed by atoms with E-state index in [-0.39, 0.29) is 22.6 Å². The molecular formula is C22H27F3N4O3S. The van der Waals surface area contributed by atoms with Gasteiger partial charge in [0.2, 0.25) is 0 Å². The van der Waals surface area contributed by atoms with Crippen LogP contribution in [0.25, 0.3) is 0 Å². The summed E-state index contributed by atoms with van der Waals surface area (Å²) in [5, 5.41) is 8.00. The molecule has 2 aromatic carbocycles. The fourth-order valence-corrected chi connectivity index (χ4v) is 3.49. The number of likely N-dealkylation sites (N-methyl/N-ethyl adjacent to an activating group) is 1. The lowest BCUT2D eigenvalue weighted by Crippen LogP contribution is -2.34. The molecule has 0 saturated heterocycles. The van der Waals surface area contributed by atoms with E-state index < -0.39 is 11.5 Å². The first kappa shape index (κ1) is 26.3. The third-order valence-corrected chi connectivity index (χ3v) is 5.40. The smallest absolute Gasteiger partial charge is 0.446 e. The molecule has 0 aliphatic heterocycles. The first-order chi connectivity index (χ1) is 15.6. The third-order valence-electron chi connectivity index (χ3n) is 4.66. The molecule has 0 saturated carbocycles. The molecule has 0 unspecified atom stereocenters. The number of carbonyl (C=O) groups excluding carboxylic acids is 2. The number of anilines is 2. The van der Waals surface area contributed by atoms with E-state index in [1.165, 1.54) is 37.4 Å². The molecule has 0 aliphatic carbocycles. The minimum atomic E-state index is -4.38. The summed E-state index contributed by atoms with van der Waals surface area (Å²) in [4.78, 5) is 26.9. The van der Waals surface area contributed by atoms with Gasteiger partial charge in [-0.3, -0.25) is 4.79 Å². The zero-order valence-corrected chi connectivity index (χ0v) is 19.4. The fraction of sp³-hybridized carbons (Fsp3) is 0.364. The summed E-state index contributed by atoms with van der Waals surface area (Å²) in [5.74, 6) is 0.00786. The van der Waals surface area contributed by atoms with Crippen LogP contribution in [0.15, 0.2) is 47.4 Å². The molecule has 0 heterocycles. The number of carbonyl (C=O) groups is 2. The van der Waals surface area contributed by atoms with Crippen LogP contribution in [0.5, 0.6) is 5.75 Å². The van der Waals surface area contributed by atoms with Crippen LogP contribution in [0.2, 0.25) is 0 Å². The Balaban J connectivity index is 1.95. The molecule has 2 rings (SSSR count). The number of urea groups is 1. The van der Waals surface area contributed by atoms with Crippen LogP contribution in [0.3, 0.4) is 0 Å². The van der Waals surface area contributed by atoms with Crippen LogP contribution in [-0.4, -0.2) is 55.6 Å². The lowest BCUT2D eigenvalue weighted by molar-refractivity contribution is -0.0328. The minimum absolute atomic E-state index is 0.0177. The molecule has 7 nitrogen and oxygen atoms in total. The number of amides is 3. The number of benzene rings is 2. The summed E-state index contributed by atoms with van der Waals surface area (Å²) in [7, 11) is 1.42. The topological polar surface area (TPSA) is 82.7 Å². The van der Waals surface area contributed by atoms with Gasteiger partial charge < -0.3 is 25.6 Å². The molecule has 3 amide bonds. The second kappa shape index (κ2) is 12.4. The standard InChI is InChI=1S/C22H27F3N4O3S/c1-4-29(5-2)13-12-26-20(30)18-11-8-16(14-19(18)32-3)28-21(31)27-15-6-9-17(10-7-15)33-22(23,24)25/h6-11,14H,4-5,12-13H2,1-3H3,(H,26,30)(H2,27,28,31). The number of nitrogens with zero attached hydrogens (tertiary/aromatic N) is 1. The Kier molecular flexibility index (Phi) is 9.86. The molecular weight excluding hydrogens is 457 g/mol. The number of nitrogens with one attached hydrogen (secondary N) is 3. The van der Waals surface area contributed by atoms with Crippen molar-refractivity contribution in [3.63, 3.8) is 0 Å². The van der Waals surface area contributed by atoms with Crippen LogP contribution < -0.4 is 20.7 Å². The van der Waals surface area contributed by atoms with Crippen molar-refractivity contribution >= 4 is 35.1 Å². The van der Waals surface area contributed by atoms with Crippen molar-refractivity contribution < 1.29 is 27.5 Å². The largest absolute Gasteiger partial charge is 0.496 e. The van der Waals surface area contributed by atoms with E-state index in [1.54, 1.807) is 12.1 Å². The maximum Gasteiger partial charge on any atom is 0.446 e. The summed E-state index contributed by atoms with van der Waals surface area (Å²) in [5.41, 5.74) is -3.33. The van der Waals surface area contributed by atoms with Crippen molar-refractivity contribution in [1.29, 1.82) is 0 Å². The Hall–Kier alpha value is -2.92. The lowest BCUT2D eigenvalue weighted by atomic mass is 10.1. The number of hydrogen-bond donors (Lipinski definition) is 3. The predicted molar refractivity (Wildman–Crippen MR) is 124 cm³/mol. The molecule has 0 spiro atoms. The Morgan fingerprint density at radius 3 is 2.18 bits per heavy atom. The van der Waals surface area contributed by atoms with Gasteiger partial charge in [0, 0.05) is 35.4 Å². The Morgan fingerprint density at radius 1 is 1.00 bits per heavy atom. The van der Waals surface area contributed by atoms with Gasteiger partial charge in [0.05, 0.1) is 12.7 Å². The van der Waals surface area contributed by atoms with E-state index in [4.69, 9.17) is 4.74 Å². The van der Waals surface area contributed by atoms with Crippen molar-refractivity contribution in [2.45, 2.75) is 24.3 Å². The molecule has 11 heteroatoms. The Labute approximate surface area is 195 Å². The first-order valence-corrected chi connectivity index (χ1v) is 11.1. The summed E-state index contributed by atoms with van der Waals surface area (Å²) < 4.78 is 42.5. The average molecular weight is 485 g/mol. The molecule has 0 aromatic heterocycles. The van der Waals surface area contributed by atoms with E-state index in [0.29, 0.717) is 29.2 Å². The lowest BCUT2D eigenvalue weighted by Gasteiger charge is -2.18. The van der Waals surface area contributed by atoms with Gasteiger partial charge >= 0.3 is 11.5 Å². The number of rotatable bonds is 10. The first-order valence-electron chi connectivity index (χ1n) is 10.3. The van der Waals surface area contributed by atoms with Crippen LogP contribution >= 0.6 is 11.8 Å². The van der Waals surface area contributed by atoms with Crippen LogP contribution in [0.4, 0.5) is 29.3 Å². The number of ether oxygens (including phenoxy) is 1. The maximum atomic E-state index is 12.5. The second-order valence-electron chi connectivity index (χ2n) is 6.85. The van der Waals surface area contributed by atoms with Gasteiger partial charge in [0.25, 0.3) is 5.91 Å². The zero-order chi connectivity index (χ0) is 24.4. The highest BCUT2D eigenvalue weighted by Gasteiger charge is 2.29. The highest BCUT2D eigenvalue weighted by molar-refractivity contribution is 8.00. The van der Waals surface area contributed by atoms with Crippen molar-refractivity contribution in [3.8, 4) is 5.75 Å². The molecule has 180 valence electrons. The summed E-state index contributed by atoms with van der Waals surface area (Å²) in [6.07, 6.45) is 0. The summed E-state index contributed by atoms with van der Waals surface area (Å²) >= 11 is -0.230. The van der Waals surface area contributed by atoms with Crippen molar-refractivity contribution in [3.05, 3.63) is 48.0 Å². The van der Waals surface area contributed by atoms with Crippen LogP contribution in [-0.2, 0) is 0 Å². The zero-order valence-electron chi connectivity index (χ0n) is 18.6. The number of halogens is 3. The molecule has 2 aromatic rings. The monoisotopic (exact) mass is 484 g/mol. The van der Waals surface area contributed by atoms with Gasteiger partial charge in [0.1, 0.15) is 5.75 Å². The van der Waals surface area contributed by atoms with Crippen molar-refractivity contribution in [2.75, 3.05) is 43.9 Å². The van der Waals surface area contributed by atoms with E-state index >= 15 is 0 Å². The highest BCUT2D eigenvalue weighted by Crippen LogP contribution is 2.37.